The molecular weight excluding hydrogens is 289 g/mol. The van der Waals surface area contributed by atoms with Crippen LogP contribution >= 0.6 is 36.2 Å². The zero-order valence-corrected chi connectivity index (χ0v) is 11.6. The van der Waals surface area contributed by atoms with Gasteiger partial charge in [0.05, 0.1) is 0 Å². The maximum absolute atomic E-state index is 5.79. The van der Waals surface area contributed by atoms with Crippen molar-refractivity contribution in [2.75, 3.05) is 10.6 Å². The number of thiocarbonyl (C=S) groups is 1. The minimum atomic E-state index is 0. The number of aromatic nitrogens is 1. The lowest BCUT2D eigenvalue weighted by Crippen LogP contribution is -2.18. The first-order chi connectivity index (χ1) is 8.24. The number of nitrogens with zero attached hydrogens (tertiary/aromatic N) is 1. The van der Waals surface area contributed by atoms with Crippen LogP contribution in [0.3, 0.4) is 0 Å². The number of halogens is 2. The van der Waals surface area contributed by atoms with Crippen LogP contribution in [0.4, 0.5) is 11.4 Å². The molecule has 94 valence electrons. The first-order valence-electron chi connectivity index (χ1n) is 4.97. The van der Waals surface area contributed by atoms with Crippen molar-refractivity contribution in [1.29, 1.82) is 0 Å². The third-order valence-electron chi connectivity index (χ3n) is 2.04. The number of rotatable bonds is 2. The molecule has 2 rings (SSSR count). The van der Waals surface area contributed by atoms with Gasteiger partial charge in [-0.3, -0.25) is 4.98 Å². The molecule has 0 aliphatic carbocycles. The molecule has 2 aromatic rings. The average Bonchev–Trinajstić information content (AvgIpc) is 2.33. The van der Waals surface area contributed by atoms with Gasteiger partial charge in [-0.25, -0.2) is 0 Å². The smallest absolute Gasteiger partial charge is 0.175 e. The number of anilines is 2. The molecule has 0 bridgehead atoms. The fraction of sp³-hybridized carbons (Fsp3) is 0. The van der Waals surface area contributed by atoms with Crippen LogP contribution in [0.25, 0.3) is 0 Å². The minimum Gasteiger partial charge on any atom is -0.332 e. The summed E-state index contributed by atoms with van der Waals surface area (Å²) >= 11 is 11.0. The molecule has 0 radical (unpaired) electrons. The molecule has 0 fully saturated rings. The number of hydrogen-bond donors (Lipinski definition) is 2. The quantitative estimate of drug-likeness (QED) is 0.823. The number of nitrogens with one attached hydrogen (secondary N) is 2. The Labute approximate surface area is 122 Å². The van der Waals surface area contributed by atoms with Gasteiger partial charge in [0.1, 0.15) is 0 Å². The summed E-state index contributed by atoms with van der Waals surface area (Å²) in [6.07, 6.45) is 3.40. The molecule has 18 heavy (non-hydrogen) atoms. The van der Waals surface area contributed by atoms with Gasteiger partial charge in [-0.15, -0.1) is 12.4 Å². The fourth-order valence-corrected chi connectivity index (χ4v) is 1.62. The average molecular weight is 300 g/mol. The molecule has 1 aromatic carbocycles. The van der Waals surface area contributed by atoms with Crippen LogP contribution in [0.1, 0.15) is 0 Å². The van der Waals surface area contributed by atoms with Crippen molar-refractivity contribution in [3.05, 3.63) is 53.8 Å². The van der Waals surface area contributed by atoms with Gasteiger partial charge in [0.2, 0.25) is 0 Å². The highest BCUT2D eigenvalue weighted by Gasteiger charge is 1.98. The molecule has 1 heterocycles. The molecule has 0 saturated carbocycles. The highest BCUT2D eigenvalue weighted by Crippen LogP contribution is 2.13. The van der Waals surface area contributed by atoms with E-state index in [1.807, 2.05) is 24.3 Å². The van der Waals surface area contributed by atoms with Crippen LogP contribution in [-0.2, 0) is 0 Å². The maximum atomic E-state index is 5.79. The van der Waals surface area contributed by atoms with E-state index in [4.69, 9.17) is 23.8 Å². The van der Waals surface area contributed by atoms with E-state index in [1.54, 1.807) is 24.5 Å². The van der Waals surface area contributed by atoms with E-state index in [-0.39, 0.29) is 12.4 Å². The first kappa shape index (κ1) is 14.7. The van der Waals surface area contributed by atoms with Crippen molar-refractivity contribution in [2.45, 2.75) is 0 Å². The largest absolute Gasteiger partial charge is 0.332 e. The van der Waals surface area contributed by atoms with Gasteiger partial charge in [0, 0.05) is 28.8 Å². The molecular formula is C12H11Cl2N3S. The lowest BCUT2D eigenvalue weighted by Gasteiger charge is -2.10. The number of benzene rings is 1. The van der Waals surface area contributed by atoms with E-state index < -0.39 is 0 Å². The van der Waals surface area contributed by atoms with E-state index in [2.05, 4.69) is 15.6 Å². The van der Waals surface area contributed by atoms with Crippen molar-refractivity contribution in [2.24, 2.45) is 0 Å². The second kappa shape index (κ2) is 7.16. The molecule has 0 amide bonds. The Morgan fingerprint density at radius 2 is 1.44 bits per heavy atom. The first-order valence-corrected chi connectivity index (χ1v) is 5.76. The summed E-state index contributed by atoms with van der Waals surface area (Å²) in [4.78, 5) is 3.93. The monoisotopic (exact) mass is 299 g/mol. The molecule has 0 spiro atoms. The zero-order valence-electron chi connectivity index (χ0n) is 9.26. The van der Waals surface area contributed by atoms with Gasteiger partial charge in [0.25, 0.3) is 0 Å². The predicted molar refractivity (Wildman–Crippen MR) is 82.8 cm³/mol. The standard InChI is InChI=1S/C12H10ClN3S.ClH/c13-9-1-3-10(4-2-9)15-12(17)16-11-5-7-14-8-6-11;/h1-8H,(H2,14,15,16,17);1H. The third kappa shape index (κ3) is 4.49. The Hall–Kier alpha value is -1.36. The summed E-state index contributed by atoms with van der Waals surface area (Å²) in [5.74, 6) is 0. The topological polar surface area (TPSA) is 37.0 Å². The van der Waals surface area contributed by atoms with E-state index >= 15 is 0 Å². The zero-order chi connectivity index (χ0) is 12.1. The van der Waals surface area contributed by atoms with Crippen LogP contribution in [0.15, 0.2) is 48.8 Å². The van der Waals surface area contributed by atoms with E-state index in [9.17, 15) is 0 Å². The van der Waals surface area contributed by atoms with Gasteiger partial charge in [-0.2, -0.15) is 0 Å². The highest BCUT2D eigenvalue weighted by molar-refractivity contribution is 7.80. The van der Waals surface area contributed by atoms with Crippen LogP contribution < -0.4 is 10.6 Å². The molecule has 0 atom stereocenters. The number of pyridine rings is 1. The second-order valence-electron chi connectivity index (χ2n) is 3.32. The second-order valence-corrected chi connectivity index (χ2v) is 4.17. The molecule has 0 aliphatic heterocycles. The van der Waals surface area contributed by atoms with Crippen molar-refractivity contribution in [1.82, 2.24) is 4.98 Å². The summed E-state index contributed by atoms with van der Waals surface area (Å²) in [6, 6.07) is 11.0. The lowest BCUT2D eigenvalue weighted by atomic mass is 10.3. The Balaban J connectivity index is 0.00000162. The van der Waals surface area contributed by atoms with Crippen LogP contribution in [-0.4, -0.2) is 10.1 Å². The van der Waals surface area contributed by atoms with Crippen LogP contribution in [0, 0.1) is 0 Å². The van der Waals surface area contributed by atoms with Gasteiger partial charge >= 0.3 is 0 Å². The Morgan fingerprint density at radius 3 is 2.00 bits per heavy atom. The molecule has 0 unspecified atom stereocenters. The van der Waals surface area contributed by atoms with Crippen LogP contribution in [0.2, 0.25) is 5.02 Å². The fourth-order valence-electron chi connectivity index (χ4n) is 1.26. The Bertz CT molecular complexity index is 502. The lowest BCUT2D eigenvalue weighted by molar-refractivity contribution is 1.33. The Morgan fingerprint density at radius 1 is 0.944 bits per heavy atom. The molecule has 2 N–H and O–H groups in total. The molecule has 0 saturated heterocycles. The van der Waals surface area contributed by atoms with Crippen molar-refractivity contribution < 1.29 is 0 Å². The van der Waals surface area contributed by atoms with E-state index in [0.717, 1.165) is 11.4 Å². The summed E-state index contributed by atoms with van der Waals surface area (Å²) in [6.45, 7) is 0. The SMILES string of the molecule is Cl.S=C(Nc1ccncc1)Nc1ccc(Cl)cc1. The molecule has 6 heteroatoms. The van der Waals surface area contributed by atoms with Gasteiger partial charge in [-0.1, -0.05) is 11.6 Å². The van der Waals surface area contributed by atoms with Crippen LogP contribution in [0.5, 0.6) is 0 Å². The minimum absolute atomic E-state index is 0. The third-order valence-corrected chi connectivity index (χ3v) is 2.50. The highest BCUT2D eigenvalue weighted by atomic mass is 35.5. The van der Waals surface area contributed by atoms with Crippen molar-refractivity contribution in [3.8, 4) is 0 Å². The molecule has 0 aliphatic rings. The normalized spacial score (nSPS) is 9.17. The summed E-state index contributed by atoms with van der Waals surface area (Å²) in [5.41, 5.74) is 1.78. The van der Waals surface area contributed by atoms with Gasteiger partial charge in [0.15, 0.2) is 5.11 Å². The molecule has 1 aromatic heterocycles. The summed E-state index contributed by atoms with van der Waals surface area (Å²) < 4.78 is 0. The van der Waals surface area contributed by atoms with Crippen molar-refractivity contribution in [3.63, 3.8) is 0 Å². The van der Waals surface area contributed by atoms with Crippen molar-refractivity contribution >= 4 is 52.7 Å². The number of hydrogen-bond acceptors (Lipinski definition) is 2. The van der Waals surface area contributed by atoms with E-state index in [1.165, 1.54) is 0 Å². The maximum Gasteiger partial charge on any atom is 0.175 e. The Kier molecular flexibility index (Phi) is 5.85. The summed E-state index contributed by atoms with van der Waals surface area (Å²) in [7, 11) is 0. The molecule has 3 nitrogen and oxygen atoms in total. The van der Waals surface area contributed by atoms with Gasteiger partial charge in [-0.05, 0) is 48.6 Å². The van der Waals surface area contributed by atoms with Gasteiger partial charge < -0.3 is 10.6 Å². The predicted octanol–water partition coefficient (Wildman–Crippen LogP) is 3.97. The van der Waals surface area contributed by atoms with E-state index in [0.29, 0.717) is 10.1 Å². The summed E-state index contributed by atoms with van der Waals surface area (Å²) in [5, 5.41) is 7.34.